The van der Waals surface area contributed by atoms with E-state index in [9.17, 15) is 8.42 Å². The van der Waals surface area contributed by atoms with Crippen LogP contribution >= 0.6 is 12.4 Å². The molecule has 2 atom stereocenters. The molecule has 2 fully saturated rings. The van der Waals surface area contributed by atoms with Gasteiger partial charge < -0.3 is 5.32 Å². The molecule has 6 nitrogen and oxygen atoms in total. The van der Waals surface area contributed by atoms with Gasteiger partial charge in [-0.2, -0.15) is 9.40 Å². The summed E-state index contributed by atoms with van der Waals surface area (Å²) in [6.07, 6.45) is 4.14. The summed E-state index contributed by atoms with van der Waals surface area (Å²) < 4.78 is 27.2. The Morgan fingerprint density at radius 3 is 2.24 bits per heavy atom. The molecule has 21 heavy (non-hydrogen) atoms. The van der Waals surface area contributed by atoms with E-state index < -0.39 is 10.0 Å². The number of aromatic nitrogens is 2. The first-order chi connectivity index (χ1) is 9.39. The van der Waals surface area contributed by atoms with Crippen molar-refractivity contribution in [3.63, 3.8) is 0 Å². The number of sulfonamides is 1. The van der Waals surface area contributed by atoms with Crippen LogP contribution < -0.4 is 5.32 Å². The number of nitrogens with one attached hydrogen (secondary N) is 2. The van der Waals surface area contributed by atoms with Crippen LogP contribution in [0.5, 0.6) is 0 Å². The van der Waals surface area contributed by atoms with Crippen LogP contribution in [-0.2, 0) is 10.0 Å². The quantitative estimate of drug-likeness (QED) is 0.874. The van der Waals surface area contributed by atoms with Gasteiger partial charge in [-0.1, -0.05) is 0 Å². The average Bonchev–Trinajstić information content (AvgIpc) is 2.91. The van der Waals surface area contributed by atoms with Crippen LogP contribution in [0.3, 0.4) is 0 Å². The molecular formula is C13H23ClN4O2S. The van der Waals surface area contributed by atoms with Gasteiger partial charge in [0.2, 0.25) is 10.0 Å². The molecule has 0 saturated carbocycles. The molecule has 0 radical (unpaired) electrons. The van der Waals surface area contributed by atoms with Gasteiger partial charge in [-0.3, -0.25) is 5.10 Å². The van der Waals surface area contributed by atoms with Gasteiger partial charge in [0, 0.05) is 25.2 Å². The van der Waals surface area contributed by atoms with E-state index >= 15 is 0 Å². The van der Waals surface area contributed by atoms with Crippen molar-refractivity contribution in [3.8, 4) is 0 Å². The second kappa shape index (κ2) is 5.87. The van der Waals surface area contributed by atoms with Gasteiger partial charge in [0.15, 0.2) is 0 Å². The molecule has 0 aliphatic carbocycles. The fourth-order valence-electron chi connectivity index (χ4n) is 3.59. The zero-order chi connectivity index (χ0) is 14.5. The Bertz CT molecular complexity index is 584. The number of H-pyrrole nitrogens is 1. The minimum atomic E-state index is -3.46. The maximum Gasteiger partial charge on any atom is 0.246 e. The highest BCUT2D eigenvalue weighted by atomic mass is 35.5. The van der Waals surface area contributed by atoms with Crippen molar-refractivity contribution >= 4 is 22.4 Å². The lowest BCUT2D eigenvalue weighted by Crippen LogP contribution is -2.48. The van der Waals surface area contributed by atoms with Crippen molar-refractivity contribution in [2.45, 2.75) is 62.6 Å². The molecule has 8 heteroatoms. The lowest BCUT2D eigenvalue weighted by Gasteiger charge is -2.34. The van der Waals surface area contributed by atoms with E-state index in [-0.39, 0.29) is 18.4 Å². The van der Waals surface area contributed by atoms with E-state index in [1.54, 1.807) is 25.2 Å². The van der Waals surface area contributed by atoms with Crippen molar-refractivity contribution < 1.29 is 8.42 Å². The summed E-state index contributed by atoms with van der Waals surface area (Å²) in [6.45, 7) is 3.49. The van der Waals surface area contributed by atoms with Crippen LogP contribution in [0.1, 0.15) is 37.1 Å². The number of fused-ring (bicyclic) bond motifs is 2. The van der Waals surface area contributed by atoms with E-state index in [0.717, 1.165) is 12.8 Å². The lowest BCUT2D eigenvalue weighted by molar-refractivity contribution is 0.251. The number of nitrogens with zero attached hydrogens (tertiary/aromatic N) is 2. The standard InChI is InChI=1S/C13H22N4O2S.ClH/c1-8-13(9(2)16-15-8)20(18,19)17(3)12-6-10-4-5-11(7-12)14-10;/h10-12,14H,4-7H2,1-3H3,(H,15,16);1H. The molecule has 0 spiro atoms. The summed E-state index contributed by atoms with van der Waals surface area (Å²) in [4.78, 5) is 0.339. The molecule has 0 aromatic carbocycles. The summed E-state index contributed by atoms with van der Waals surface area (Å²) >= 11 is 0. The van der Waals surface area contributed by atoms with Gasteiger partial charge in [0.25, 0.3) is 0 Å². The molecule has 2 bridgehead atoms. The topological polar surface area (TPSA) is 78.1 Å². The molecule has 3 rings (SSSR count). The average molecular weight is 335 g/mol. The fraction of sp³-hybridized carbons (Fsp3) is 0.769. The number of hydrogen-bond donors (Lipinski definition) is 2. The van der Waals surface area contributed by atoms with Crippen molar-refractivity contribution in [3.05, 3.63) is 11.4 Å². The Hall–Kier alpha value is -0.630. The maximum absolute atomic E-state index is 12.8. The highest BCUT2D eigenvalue weighted by Crippen LogP contribution is 2.32. The molecule has 2 unspecified atom stereocenters. The largest absolute Gasteiger partial charge is 0.311 e. The Labute approximate surface area is 132 Å². The number of hydrogen-bond acceptors (Lipinski definition) is 4. The first kappa shape index (κ1) is 16.7. The van der Waals surface area contributed by atoms with Crippen LogP contribution in [-0.4, -0.2) is 48.1 Å². The summed E-state index contributed by atoms with van der Waals surface area (Å²) in [7, 11) is -1.76. The molecule has 2 N–H and O–H groups in total. The highest BCUT2D eigenvalue weighted by Gasteiger charge is 2.39. The van der Waals surface area contributed by atoms with Crippen molar-refractivity contribution in [1.29, 1.82) is 0 Å². The van der Waals surface area contributed by atoms with Gasteiger partial charge in [0.1, 0.15) is 4.90 Å². The molecule has 120 valence electrons. The Morgan fingerprint density at radius 1 is 1.19 bits per heavy atom. The fourth-order valence-corrected chi connectivity index (χ4v) is 5.29. The Balaban J connectivity index is 0.00000161. The SMILES string of the molecule is Cc1n[nH]c(C)c1S(=O)(=O)N(C)C1CC2CCC(C1)N2.Cl. The van der Waals surface area contributed by atoms with Crippen molar-refractivity contribution in [2.75, 3.05) is 7.05 Å². The van der Waals surface area contributed by atoms with Gasteiger partial charge >= 0.3 is 0 Å². The van der Waals surface area contributed by atoms with Gasteiger partial charge in [-0.25, -0.2) is 8.42 Å². The van der Waals surface area contributed by atoms with E-state index in [1.807, 2.05) is 0 Å². The molecule has 1 aromatic heterocycles. The zero-order valence-electron chi connectivity index (χ0n) is 12.6. The van der Waals surface area contributed by atoms with Crippen LogP contribution in [0.4, 0.5) is 0 Å². The minimum Gasteiger partial charge on any atom is -0.311 e. The number of halogens is 1. The molecule has 3 heterocycles. The second-order valence-electron chi connectivity index (χ2n) is 6.05. The summed E-state index contributed by atoms with van der Waals surface area (Å²) in [5, 5.41) is 10.3. The van der Waals surface area contributed by atoms with Gasteiger partial charge in [-0.05, 0) is 39.5 Å². The third-order valence-corrected chi connectivity index (χ3v) is 6.83. The summed E-state index contributed by atoms with van der Waals surface area (Å²) in [6, 6.07) is 1.04. The number of piperidine rings is 1. The van der Waals surface area contributed by atoms with E-state index in [1.165, 1.54) is 12.8 Å². The van der Waals surface area contributed by atoms with Crippen LogP contribution in [0, 0.1) is 13.8 Å². The smallest absolute Gasteiger partial charge is 0.246 e. The molecule has 2 aliphatic heterocycles. The van der Waals surface area contributed by atoms with Crippen molar-refractivity contribution in [1.82, 2.24) is 19.8 Å². The normalized spacial score (nSPS) is 28.7. The van der Waals surface area contributed by atoms with Crippen molar-refractivity contribution in [2.24, 2.45) is 0 Å². The molecule has 2 aliphatic rings. The first-order valence-electron chi connectivity index (χ1n) is 7.15. The van der Waals surface area contributed by atoms with Gasteiger partial charge in [0.05, 0.1) is 11.4 Å². The number of aromatic amines is 1. The van der Waals surface area contributed by atoms with E-state index in [2.05, 4.69) is 15.5 Å². The molecule has 0 amide bonds. The second-order valence-corrected chi connectivity index (χ2v) is 7.98. The maximum atomic E-state index is 12.8. The minimum absolute atomic E-state index is 0. The first-order valence-corrected chi connectivity index (χ1v) is 8.59. The number of aryl methyl sites for hydroxylation is 2. The van der Waals surface area contributed by atoms with Crippen LogP contribution in [0.25, 0.3) is 0 Å². The van der Waals surface area contributed by atoms with E-state index in [0.29, 0.717) is 28.4 Å². The zero-order valence-corrected chi connectivity index (χ0v) is 14.2. The predicted molar refractivity (Wildman–Crippen MR) is 83.2 cm³/mol. The van der Waals surface area contributed by atoms with Crippen LogP contribution in [0.15, 0.2) is 4.90 Å². The van der Waals surface area contributed by atoms with Crippen LogP contribution in [0.2, 0.25) is 0 Å². The number of rotatable bonds is 3. The third-order valence-electron chi connectivity index (χ3n) is 4.66. The third kappa shape index (κ3) is 2.84. The Morgan fingerprint density at radius 2 is 1.76 bits per heavy atom. The molecule has 2 saturated heterocycles. The summed E-state index contributed by atoms with van der Waals surface area (Å²) in [5.74, 6) is 0. The monoisotopic (exact) mass is 334 g/mol. The Kier molecular flexibility index (Phi) is 4.68. The molecular weight excluding hydrogens is 312 g/mol. The molecule has 1 aromatic rings. The van der Waals surface area contributed by atoms with Gasteiger partial charge in [-0.15, -0.1) is 12.4 Å². The van der Waals surface area contributed by atoms with E-state index in [4.69, 9.17) is 0 Å². The predicted octanol–water partition coefficient (Wildman–Crippen LogP) is 1.35. The lowest BCUT2D eigenvalue weighted by atomic mass is 10.0. The summed E-state index contributed by atoms with van der Waals surface area (Å²) in [5.41, 5.74) is 1.16. The highest BCUT2D eigenvalue weighted by molar-refractivity contribution is 7.89.